The van der Waals surface area contributed by atoms with Crippen LogP contribution in [0.5, 0.6) is 0 Å². The molecule has 1 aliphatic heterocycles. The van der Waals surface area contributed by atoms with Crippen LogP contribution in [-0.2, 0) is 9.59 Å². The van der Waals surface area contributed by atoms with E-state index < -0.39 is 0 Å². The second kappa shape index (κ2) is 9.99. The van der Waals surface area contributed by atoms with E-state index in [1.165, 1.54) is 49.8 Å². The van der Waals surface area contributed by atoms with Crippen molar-refractivity contribution in [2.45, 2.75) is 84.0 Å². The fourth-order valence-electron chi connectivity index (χ4n) is 2.63. The highest BCUT2D eigenvalue weighted by molar-refractivity contribution is 5.96. The molecule has 0 aromatic carbocycles. The van der Waals surface area contributed by atoms with Crippen LogP contribution >= 0.6 is 0 Å². The number of likely N-dealkylation sites (tertiary alicyclic amines) is 1. The van der Waals surface area contributed by atoms with Crippen LogP contribution in [-0.4, -0.2) is 23.3 Å². The number of carbonyl (C=O) groups excluding carboxylic acids is 2. The van der Waals surface area contributed by atoms with Crippen LogP contribution in [0.4, 0.5) is 0 Å². The molecule has 0 aliphatic carbocycles. The molecule has 0 saturated carbocycles. The maximum absolute atomic E-state index is 11.8. The smallest absolute Gasteiger partial charge is 0.229 e. The summed E-state index contributed by atoms with van der Waals surface area (Å²) in [5.41, 5.74) is 0. The average Bonchev–Trinajstić information content (AvgIpc) is 2.83. The van der Waals surface area contributed by atoms with Crippen molar-refractivity contribution < 1.29 is 9.59 Å². The van der Waals surface area contributed by atoms with E-state index in [1.807, 2.05) is 0 Å². The maximum Gasteiger partial charge on any atom is 0.229 e. The van der Waals surface area contributed by atoms with E-state index in [0.29, 0.717) is 19.4 Å². The molecule has 1 rings (SSSR count). The Hall–Kier alpha value is -0.860. The molecular weight excluding hydrogens is 238 g/mol. The standard InChI is InChI=1S/C16H29NO2/c1-2-3-4-5-6-7-8-9-10-12-15(18)17-14-11-13-16(17)19/h2-14H2,1H3. The van der Waals surface area contributed by atoms with E-state index in [2.05, 4.69) is 6.92 Å². The summed E-state index contributed by atoms with van der Waals surface area (Å²) in [7, 11) is 0. The third-order valence-electron chi connectivity index (χ3n) is 3.87. The lowest BCUT2D eigenvalue weighted by Crippen LogP contribution is -2.31. The van der Waals surface area contributed by atoms with Crippen molar-refractivity contribution in [3.05, 3.63) is 0 Å². The number of rotatable bonds is 10. The lowest BCUT2D eigenvalue weighted by atomic mass is 10.1. The third kappa shape index (κ3) is 6.74. The van der Waals surface area contributed by atoms with Crippen molar-refractivity contribution in [3.63, 3.8) is 0 Å². The molecule has 0 bridgehead atoms. The molecule has 19 heavy (non-hydrogen) atoms. The zero-order valence-electron chi connectivity index (χ0n) is 12.5. The quantitative estimate of drug-likeness (QED) is 0.560. The molecular formula is C16H29NO2. The maximum atomic E-state index is 11.8. The minimum Gasteiger partial charge on any atom is -0.283 e. The number of carbonyl (C=O) groups is 2. The topological polar surface area (TPSA) is 37.4 Å². The van der Waals surface area contributed by atoms with Crippen LogP contribution in [0.3, 0.4) is 0 Å². The fourth-order valence-corrected chi connectivity index (χ4v) is 2.63. The summed E-state index contributed by atoms with van der Waals surface area (Å²) < 4.78 is 0. The zero-order valence-corrected chi connectivity index (χ0v) is 12.5. The van der Waals surface area contributed by atoms with Gasteiger partial charge in [0, 0.05) is 19.4 Å². The van der Waals surface area contributed by atoms with Gasteiger partial charge in [0.2, 0.25) is 11.8 Å². The summed E-state index contributed by atoms with van der Waals surface area (Å²) in [6, 6.07) is 0. The summed E-state index contributed by atoms with van der Waals surface area (Å²) in [5, 5.41) is 0. The van der Waals surface area contributed by atoms with Crippen LogP contribution in [0.15, 0.2) is 0 Å². The van der Waals surface area contributed by atoms with E-state index in [4.69, 9.17) is 0 Å². The fraction of sp³-hybridized carbons (Fsp3) is 0.875. The number of unbranched alkanes of at least 4 members (excludes halogenated alkanes) is 8. The van der Waals surface area contributed by atoms with Gasteiger partial charge in [0.25, 0.3) is 0 Å². The van der Waals surface area contributed by atoms with Crippen LogP contribution < -0.4 is 0 Å². The lowest BCUT2D eigenvalue weighted by Gasteiger charge is -2.12. The summed E-state index contributed by atoms with van der Waals surface area (Å²) in [6.07, 6.45) is 13.3. The van der Waals surface area contributed by atoms with Gasteiger partial charge in [-0.05, 0) is 12.8 Å². The largest absolute Gasteiger partial charge is 0.283 e. The lowest BCUT2D eigenvalue weighted by molar-refractivity contribution is -0.141. The molecule has 0 spiro atoms. The highest BCUT2D eigenvalue weighted by atomic mass is 16.2. The first-order valence-electron chi connectivity index (χ1n) is 8.09. The van der Waals surface area contributed by atoms with Gasteiger partial charge in [-0.15, -0.1) is 0 Å². The van der Waals surface area contributed by atoms with Gasteiger partial charge in [0.05, 0.1) is 0 Å². The minimum absolute atomic E-state index is 0.0286. The van der Waals surface area contributed by atoms with Crippen molar-refractivity contribution in [3.8, 4) is 0 Å². The van der Waals surface area contributed by atoms with Crippen LogP contribution in [0.25, 0.3) is 0 Å². The summed E-state index contributed by atoms with van der Waals surface area (Å²) >= 11 is 0. The van der Waals surface area contributed by atoms with E-state index >= 15 is 0 Å². The Morgan fingerprint density at radius 1 is 1.00 bits per heavy atom. The molecule has 3 nitrogen and oxygen atoms in total. The predicted molar refractivity (Wildman–Crippen MR) is 77.8 cm³/mol. The molecule has 110 valence electrons. The Morgan fingerprint density at radius 3 is 2.11 bits per heavy atom. The zero-order chi connectivity index (χ0) is 13.9. The molecule has 0 radical (unpaired) electrons. The second-order valence-corrected chi connectivity index (χ2v) is 5.62. The molecule has 1 aliphatic rings. The Bertz CT molecular complexity index is 276. The van der Waals surface area contributed by atoms with Gasteiger partial charge in [-0.1, -0.05) is 58.3 Å². The molecule has 1 fully saturated rings. The molecule has 0 aromatic heterocycles. The highest BCUT2D eigenvalue weighted by Crippen LogP contribution is 2.14. The molecule has 2 amide bonds. The monoisotopic (exact) mass is 267 g/mol. The molecule has 1 heterocycles. The Morgan fingerprint density at radius 2 is 1.58 bits per heavy atom. The van der Waals surface area contributed by atoms with Crippen LogP contribution in [0.1, 0.15) is 84.0 Å². The normalized spacial score (nSPS) is 15.2. The SMILES string of the molecule is CCCCCCCCCCCC(=O)N1CCCC1=O. The van der Waals surface area contributed by atoms with Gasteiger partial charge in [-0.3, -0.25) is 14.5 Å². The van der Waals surface area contributed by atoms with Crippen molar-refractivity contribution >= 4 is 11.8 Å². The van der Waals surface area contributed by atoms with Crippen LogP contribution in [0, 0.1) is 0 Å². The van der Waals surface area contributed by atoms with Gasteiger partial charge < -0.3 is 0 Å². The number of nitrogens with zero attached hydrogens (tertiary/aromatic N) is 1. The molecule has 3 heteroatoms. The Kier molecular flexibility index (Phi) is 8.52. The van der Waals surface area contributed by atoms with E-state index in [1.54, 1.807) is 0 Å². The van der Waals surface area contributed by atoms with Gasteiger partial charge in [-0.2, -0.15) is 0 Å². The highest BCUT2D eigenvalue weighted by Gasteiger charge is 2.25. The first-order valence-corrected chi connectivity index (χ1v) is 8.09. The molecule has 0 atom stereocenters. The summed E-state index contributed by atoms with van der Waals surface area (Å²) in [5.74, 6) is 0.0753. The van der Waals surface area contributed by atoms with Crippen molar-refractivity contribution in [1.82, 2.24) is 4.90 Å². The van der Waals surface area contributed by atoms with Gasteiger partial charge in [0.15, 0.2) is 0 Å². The van der Waals surface area contributed by atoms with Crippen LogP contribution in [0.2, 0.25) is 0 Å². The molecule has 0 unspecified atom stereocenters. The first-order chi connectivity index (χ1) is 9.25. The Labute approximate surface area is 117 Å². The Balaban J connectivity index is 1.90. The minimum atomic E-state index is 0.0286. The number of amides is 2. The van der Waals surface area contributed by atoms with Crippen molar-refractivity contribution in [1.29, 1.82) is 0 Å². The molecule has 1 saturated heterocycles. The van der Waals surface area contributed by atoms with E-state index in [9.17, 15) is 9.59 Å². The summed E-state index contributed by atoms with van der Waals surface area (Å²) in [4.78, 5) is 24.6. The average molecular weight is 267 g/mol. The third-order valence-corrected chi connectivity index (χ3v) is 3.87. The predicted octanol–water partition coefficient (Wildman–Crippen LogP) is 4.06. The number of hydrogen-bond donors (Lipinski definition) is 0. The van der Waals surface area contributed by atoms with E-state index in [-0.39, 0.29) is 11.8 Å². The summed E-state index contributed by atoms with van der Waals surface area (Å²) in [6.45, 7) is 2.89. The first kappa shape index (κ1) is 16.2. The second-order valence-electron chi connectivity index (χ2n) is 5.62. The van der Waals surface area contributed by atoms with Crippen molar-refractivity contribution in [2.24, 2.45) is 0 Å². The van der Waals surface area contributed by atoms with Crippen molar-refractivity contribution in [2.75, 3.05) is 6.54 Å². The van der Waals surface area contributed by atoms with Gasteiger partial charge in [0.1, 0.15) is 0 Å². The van der Waals surface area contributed by atoms with E-state index in [0.717, 1.165) is 19.3 Å². The molecule has 0 N–H and O–H groups in total. The van der Waals surface area contributed by atoms with Gasteiger partial charge >= 0.3 is 0 Å². The number of hydrogen-bond acceptors (Lipinski definition) is 2. The van der Waals surface area contributed by atoms with Gasteiger partial charge in [-0.25, -0.2) is 0 Å². The molecule has 0 aromatic rings. The number of imide groups is 1.